The smallest absolute Gasteiger partial charge is 0.0847 e. The number of nitrogens with zero attached hydrogens (tertiary/aromatic N) is 1. The number of hydrogen-bond donors (Lipinski definition) is 2. The van der Waals surface area contributed by atoms with E-state index in [1.165, 1.54) is 5.56 Å². The molecule has 0 aliphatic heterocycles. The average molecular weight is 243 g/mol. The Balaban J connectivity index is 2.45. The van der Waals surface area contributed by atoms with E-state index in [1.54, 1.807) is 0 Å². The number of hydrogen-bond acceptors (Lipinski definition) is 3. The summed E-state index contributed by atoms with van der Waals surface area (Å²) in [5.41, 5.74) is 2.28. The Bertz CT molecular complexity index is 300. The second kappa shape index (κ2) is 6.74. The molecule has 0 radical (unpaired) electrons. The Morgan fingerprint density at radius 3 is 2.44 bits per heavy atom. The fraction of sp³-hybridized carbons (Fsp3) is 0.500. The number of aliphatic hydroxyl groups excluding tert-OH is 1. The van der Waals surface area contributed by atoms with Crippen molar-refractivity contribution in [2.75, 3.05) is 31.8 Å². The van der Waals surface area contributed by atoms with Crippen LogP contribution in [0.4, 0.5) is 5.69 Å². The van der Waals surface area contributed by atoms with Gasteiger partial charge in [0, 0.05) is 18.8 Å². The van der Waals surface area contributed by atoms with Crippen LogP contribution in [0.15, 0.2) is 24.3 Å². The molecular formula is C12H19ClN2O. The van der Waals surface area contributed by atoms with E-state index in [-0.39, 0.29) is 5.88 Å². The minimum Gasteiger partial charge on any atom is -0.390 e. The summed E-state index contributed by atoms with van der Waals surface area (Å²) in [6.45, 7) is 1.42. The first-order valence-corrected chi connectivity index (χ1v) is 5.87. The van der Waals surface area contributed by atoms with Crippen molar-refractivity contribution in [1.82, 2.24) is 4.90 Å². The van der Waals surface area contributed by atoms with Gasteiger partial charge in [0.25, 0.3) is 0 Å². The summed E-state index contributed by atoms with van der Waals surface area (Å²) in [6.07, 6.45) is -0.497. The van der Waals surface area contributed by atoms with Crippen LogP contribution in [0.3, 0.4) is 0 Å². The fourth-order valence-electron chi connectivity index (χ4n) is 1.38. The minimum absolute atomic E-state index is 0.256. The lowest BCUT2D eigenvalue weighted by molar-refractivity contribution is 0.211. The molecule has 16 heavy (non-hydrogen) atoms. The number of halogens is 1. The first kappa shape index (κ1) is 13.3. The zero-order chi connectivity index (χ0) is 12.0. The van der Waals surface area contributed by atoms with Crippen LogP contribution in [0.1, 0.15) is 5.56 Å². The van der Waals surface area contributed by atoms with Crippen molar-refractivity contribution in [2.45, 2.75) is 12.6 Å². The van der Waals surface area contributed by atoms with Crippen LogP contribution in [0.2, 0.25) is 0 Å². The highest BCUT2D eigenvalue weighted by atomic mass is 35.5. The zero-order valence-corrected chi connectivity index (χ0v) is 10.5. The van der Waals surface area contributed by atoms with Gasteiger partial charge in [0.15, 0.2) is 0 Å². The van der Waals surface area contributed by atoms with E-state index in [0.29, 0.717) is 6.54 Å². The number of alkyl halides is 1. The highest BCUT2D eigenvalue weighted by molar-refractivity contribution is 6.18. The highest BCUT2D eigenvalue weighted by Gasteiger charge is 2.01. The van der Waals surface area contributed by atoms with Gasteiger partial charge in [-0.15, -0.1) is 11.6 Å². The number of aliphatic hydroxyl groups is 1. The minimum atomic E-state index is -0.497. The molecule has 1 atom stereocenters. The third-order valence-electron chi connectivity index (χ3n) is 2.17. The van der Waals surface area contributed by atoms with Crippen LogP contribution in [0, 0.1) is 0 Å². The van der Waals surface area contributed by atoms with Gasteiger partial charge < -0.3 is 15.3 Å². The molecule has 0 bridgehead atoms. The summed E-state index contributed by atoms with van der Waals surface area (Å²) in [6, 6.07) is 8.18. The van der Waals surface area contributed by atoms with Crippen LogP contribution in [-0.4, -0.2) is 42.6 Å². The Hall–Kier alpha value is -0.770. The van der Waals surface area contributed by atoms with Gasteiger partial charge >= 0.3 is 0 Å². The van der Waals surface area contributed by atoms with Crippen molar-refractivity contribution in [3.05, 3.63) is 29.8 Å². The van der Waals surface area contributed by atoms with Gasteiger partial charge in [0.05, 0.1) is 12.0 Å². The molecule has 0 spiro atoms. The maximum Gasteiger partial charge on any atom is 0.0847 e. The third-order valence-corrected chi connectivity index (χ3v) is 2.53. The standard InChI is InChI=1S/C12H19ClN2O/c1-15(2)9-10-3-5-11(6-4-10)14-8-12(16)7-13/h3-6,12,14,16H,7-9H2,1-2H3. The molecule has 1 aromatic rings. The highest BCUT2D eigenvalue weighted by Crippen LogP contribution is 2.10. The van der Waals surface area contributed by atoms with Gasteiger partial charge in [0.1, 0.15) is 0 Å². The second-order valence-corrected chi connectivity index (χ2v) is 4.43. The van der Waals surface area contributed by atoms with Crippen molar-refractivity contribution >= 4 is 17.3 Å². The van der Waals surface area contributed by atoms with Gasteiger partial charge in [-0.1, -0.05) is 12.1 Å². The Morgan fingerprint density at radius 1 is 1.31 bits per heavy atom. The molecule has 1 unspecified atom stereocenters. The summed E-state index contributed by atoms with van der Waals surface area (Å²) < 4.78 is 0. The van der Waals surface area contributed by atoms with Crippen molar-refractivity contribution < 1.29 is 5.11 Å². The van der Waals surface area contributed by atoms with Crippen LogP contribution in [0.25, 0.3) is 0 Å². The number of rotatable bonds is 6. The molecule has 0 amide bonds. The van der Waals surface area contributed by atoms with Gasteiger partial charge in [0.2, 0.25) is 0 Å². The van der Waals surface area contributed by atoms with Crippen LogP contribution < -0.4 is 5.32 Å². The Morgan fingerprint density at radius 2 is 1.94 bits per heavy atom. The number of nitrogens with one attached hydrogen (secondary N) is 1. The lowest BCUT2D eigenvalue weighted by Crippen LogP contribution is -2.20. The molecule has 0 aromatic heterocycles. The first-order valence-electron chi connectivity index (χ1n) is 5.33. The molecule has 0 fully saturated rings. The SMILES string of the molecule is CN(C)Cc1ccc(NCC(O)CCl)cc1. The molecule has 0 aliphatic carbocycles. The van der Waals surface area contributed by atoms with Crippen LogP contribution >= 0.6 is 11.6 Å². The van der Waals surface area contributed by atoms with Crippen molar-refractivity contribution in [3.8, 4) is 0 Å². The molecule has 0 aliphatic rings. The molecule has 2 N–H and O–H groups in total. The topological polar surface area (TPSA) is 35.5 Å². The number of benzene rings is 1. The summed E-state index contributed by atoms with van der Waals surface area (Å²) in [4.78, 5) is 2.12. The first-order chi connectivity index (χ1) is 7.61. The Labute approximate surface area is 102 Å². The molecule has 90 valence electrons. The zero-order valence-electron chi connectivity index (χ0n) is 9.78. The van der Waals surface area contributed by atoms with E-state index >= 15 is 0 Å². The molecule has 0 saturated carbocycles. The third kappa shape index (κ3) is 4.84. The maximum absolute atomic E-state index is 9.29. The van der Waals surface area contributed by atoms with E-state index in [1.807, 2.05) is 26.2 Å². The van der Waals surface area contributed by atoms with Crippen LogP contribution in [-0.2, 0) is 6.54 Å². The molecule has 0 heterocycles. The quantitative estimate of drug-likeness (QED) is 0.747. The van der Waals surface area contributed by atoms with Gasteiger partial charge in [-0.2, -0.15) is 0 Å². The van der Waals surface area contributed by atoms with E-state index in [2.05, 4.69) is 22.3 Å². The maximum atomic E-state index is 9.29. The van der Waals surface area contributed by atoms with Gasteiger partial charge in [-0.05, 0) is 31.8 Å². The number of anilines is 1. The predicted octanol–water partition coefficient (Wildman–Crippen LogP) is 1.76. The van der Waals surface area contributed by atoms with E-state index in [9.17, 15) is 5.11 Å². The van der Waals surface area contributed by atoms with Gasteiger partial charge in [-0.25, -0.2) is 0 Å². The van der Waals surface area contributed by atoms with E-state index in [0.717, 1.165) is 12.2 Å². The molecule has 4 heteroatoms. The molecule has 0 saturated heterocycles. The normalized spacial score (nSPS) is 12.8. The molecule has 1 aromatic carbocycles. The summed E-state index contributed by atoms with van der Waals surface area (Å²) in [5.74, 6) is 0.256. The summed E-state index contributed by atoms with van der Waals surface area (Å²) >= 11 is 5.51. The summed E-state index contributed by atoms with van der Waals surface area (Å²) in [5, 5.41) is 12.4. The lowest BCUT2D eigenvalue weighted by Gasteiger charge is -2.12. The lowest BCUT2D eigenvalue weighted by atomic mass is 10.2. The van der Waals surface area contributed by atoms with Crippen molar-refractivity contribution in [2.24, 2.45) is 0 Å². The van der Waals surface area contributed by atoms with E-state index in [4.69, 9.17) is 11.6 Å². The van der Waals surface area contributed by atoms with Crippen molar-refractivity contribution in [1.29, 1.82) is 0 Å². The van der Waals surface area contributed by atoms with Gasteiger partial charge in [-0.3, -0.25) is 0 Å². The van der Waals surface area contributed by atoms with E-state index < -0.39 is 6.10 Å². The molecule has 1 rings (SSSR count). The monoisotopic (exact) mass is 242 g/mol. The second-order valence-electron chi connectivity index (χ2n) is 4.12. The average Bonchev–Trinajstić information content (AvgIpc) is 2.27. The molecule has 3 nitrogen and oxygen atoms in total. The molecular weight excluding hydrogens is 224 g/mol. The van der Waals surface area contributed by atoms with Crippen LogP contribution in [0.5, 0.6) is 0 Å². The summed E-state index contributed by atoms with van der Waals surface area (Å²) in [7, 11) is 4.09. The fourth-order valence-corrected chi connectivity index (χ4v) is 1.49. The predicted molar refractivity (Wildman–Crippen MR) is 69.0 cm³/mol. The van der Waals surface area contributed by atoms with Crippen molar-refractivity contribution in [3.63, 3.8) is 0 Å². The largest absolute Gasteiger partial charge is 0.390 e. The Kier molecular flexibility index (Phi) is 5.60.